The molecule has 11 heteroatoms. The van der Waals surface area contributed by atoms with Gasteiger partial charge in [-0.15, -0.1) is 12.4 Å². The number of nitrogens with zero attached hydrogens (tertiary/aromatic N) is 2. The average molecular weight is 532 g/mol. The minimum Gasteiger partial charge on any atom is -0.478 e. The standard InChI is InChI=1S/C26H30FN5O4.ClH/c1-28-22-13-18(27)11-16-12-20(25(34)30-23(16)22)24(33)29-21-5-4-15(26(35)36)10-17(21)14-32(3)19-6-8-31(2)9-7-19;/h4-5,10-13,19,28H,6-9,14H2,1-3H3,(H,29,33)(H,30,34)(H,35,36);1H. The topological polar surface area (TPSA) is 118 Å². The Morgan fingerprint density at radius 2 is 1.86 bits per heavy atom. The van der Waals surface area contributed by atoms with E-state index in [2.05, 4.69) is 32.5 Å². The molecule has 3 aromatic rings. The van der Waals surface area contributed by atoms with E-state index in [-0.39, 0.29) is 23.5 Å². The van der Waals surface area contributed by atoms with Crippen LogP contribution in [0.25, 0.3) is 10.9 Å². The summed E-state index contributed by atoms with van der Waals surface area (Å²) in [7, 11) is 5.68. The highest BCUT2D eigenvalue weighted by Crippen LogP contribution is 2.25. The van der Waals surface area contributed by atoms with E-state index < -0.39 is 23.3 Å². The first-order chi connectivity index (χ1) is 17.2. The fourth-order valence-electron chi connectivity index (χ4n) is 4.65. The van der Waals surface area contributed by atoms with Gasteiger partial charge in [0.1, 0.15) is 11.4 Å². The van der Waals surface area contributed by atoms with Gasteiger partial charge in [0.15, 0.2) is 0 Å². The van der Waals surface area contributed by atoms with Crippen molar-refractivity contribution in [3.8, 4) is 0 Å². The number of hydrogen-bond acceptors (Lipinski definition) is 6. The summed E-state index contributed by atoms with van der Waals surface area (Å²) in [6, 6.07) is 8.68. The molecular weight excluding hydrogens is 501 g/mol. The highest BCUT2D eigenvalue weighted by atomic mass is 35.5. The number of halogens is 2. The van der Waals surface area contributed by atoms with Gasteiger partial charge >= 0.3 is 5.97 Å². The summed E-state index contributed by atoms with van der Waals surface area (Å²) < 4.78 is 14.0. The van der Waals surface area contributed by atoms with Gasteiger partial charge in [-0.1, -0.05) is 0 Å². The Morgan fingerprint density at radius 3 is 2.51 bits per heavy atom. The number of rotatable bonds is 7. The lowest BCUT2D eigenvalue weighted by Gasteiger charge is -2.35. The third-order valence-electron chi connectivity index (χ3n) is 6.76. The number of amides is 1. The number of carbonyl (C=O) groups excluding carboxylic acids is 1. The first-order valence-electron chi connectivity index (χ1n) is 11.8. The van der Waals surface area contributed by atoms with Crippen molar-refractivity contribution in [1.29, 1.82) is 0 Å². The molecule has 0 spiro atoms. The van der Waals surface area contributed by atoms with Gasteiger partial charge in [0.2, 0.25) is 0 Å². The number of nitrogens with one attached hydrogen (secondary N) is 3. The van der Waals surface area contributed by atoms with Crippen LogP contribution in [0.3, 0.4) is 0 Å². The van der Waals surface area contributed by atoms with E-state index in [4.69, 9.17) is 0 Å². The van der Waals surface area contributed by atoms with Crippen LogP contribution in [-0.2, 0) is 6.54 Å². The molecule has 0 atom stereocenters. The second kappa shape index (κ2) is 11.7. The van der Waals surface area contributed by atoms with Crippen molar-refractivity contribution in [2.24, 2.45) is 0 Å². The van der Waals surface area contributed by atoms with Crippen molar-refractivity contribution in [1.82, 2.24) is 14.8 Å². The van der Waals surface area contributed by atoms with E-state index in [0.717, 1.165) is 25.9 Å². The van der Waals surface area contributed by atoms with Gasteiger partial charge in [0.25, 0.3) is 11.5 Å². The normalized spacial score (nSPS) is 14.4. The Bertz CT molecular complexity index is 1370. The molecule has 4 rings (SSSR count). The number of aromatic nitrogens is 1. The zero-order valence-electron chi connectivity index (χ0n) is 20.9. The average Bonchev–Trinajstić information content (AvgIpc) is 2.84. The van der Waals surface area contributed by atoms with E-state index in [1.54, 1.807) is 13.1 Å². The molecule has 0 bridgehead atoms. The highest BCUT2D eigenvalue weighted by Gasteiger charge is 2.23. The number of anilines is 2. The lowest BCUT2D eigenvalue weighted by Crippen LogP contribution is -2.41. The van der Waals surface area contributed by atoms with Gasteiger partial charge in [-0.05, 0) is 82.0 Å². The number of likely N-dealkylation sites (tertiary alicyclic amines) is 1. The Kier molecular flexibility index (Phi) is 8.90. The predicted molar refractivity (Wildman–Crippen MR) is 145 cm³/mol. The smallest absolute Gasteiger partial charge is 0.335 e. The molecule has 1 saturated heterocycles. The summed E-state index contributed by atoms with van der Waals surface area (Å²) in [5.41, 5.74) is 1.16. The van der Waals surface area contributed by atoms with Crippen molar-refractivity contribution in [2.75, 3.05) is 44.9 Å². The molecule has 2 heterocycles. The molecular formula is C26H31ClFN5O4. The first kappa shape index (κ1) is 28.1. The van der Waals surface area contributed by atoms with Gasteiger partial charge in [-0.2, -0.15) is 0 Å². The van der Waals surface area contributed by atoms with Crippen LogP contribution >= 0.6 is 12.4 Å². The summed E-state index contributed by atoms with van der Waals surface area (Å²) in [4.78, 5) is 44.5. The summed E-state index contributed by atoms with van der Waals surface area (Å²) in [6.45, 7) is 2.39. The molecule has 0 aliphatic carbocycles. The van der Waals surface area contributed by atoms with Crippen molar-refractivity contribution in [2.45, 2.75) is 25.4 Å². The van der Waals surface area contributed by atoms with Crippen LogP contribution in [0.2, 0.25) is 0 Å². The number of piperidine rings is 1. The summed E-state index contributed by atoms with van der Waals surface area (Å²) in [6.07, 6.45) is 1.98. The number of benzene rings is 2. The maximum absolute atomic E-state index is 14.0. The van der Waals surface area contributed by atoms with E-state index in [0.29, 0.717) is 40.4 Å². The molecule has 1 aliphatic heterocycles. The summed E-state index contributed by atoms with van der Waals surface area (Å²) >= 11 is 0. The van der Waals surface area contributed by atoms with Crippen LogP contribution in [0.15, 0.2) is 41.2 Å². The Labute approximate surface area is 220 Å². The highest BCUT2D eigenvalue weighted by molar-refractivity contribution is 6.07. The third-order valence-corrected chi connectivity index (χ3v) is 6.76. The minimum atomic E-state index is -1.07. The van der Waals surface area contributed by atoms with Crippen LogP contribution in [0.1, 0.15) is 39.1 Å². The molecule has 2 aromatic carbocycles. The zero-order chi connectivity index (χ0) is 26.0. The van der Waals surface area contributed by atoms with Gasteiger partial charge < -0.3 is 25.6 Å². The largest absolute Gasteiger partial charge is 0.478 e. The molecule has 1 amide bonds. The van der Waals surface area contributed by atoms with E-state index in [1.165, 1.54) is 30.3 Å². The third kappa shape index (κ3) is 6.27. The number of aromatic carboxylic acids is 1. The Morgan fingerprint density at radius 1 is 1.16 bits per heavy atom. The molecule has 9 nitrogen and oxygen atoms in total. The van der Waals surface area contributed by atoms with Crippen LogP contribution in [0, 0.1) is 5.82 Å². The molecule has 1 aliphatic rings. The number of carboxylic acid groups (broad SMARTS) is 1. The van der Waals surface area contributed by atoms with E-state index >= 15 is 0 Å². The molecule has 37 heavy (non-hydrogen) atoms. The van der Waals surface area contributed by atoms with Gasteiger partial charge in [-0.25, -0.2) is 9.18 Å². The fourth-order valence-corrected chi connectivity index (χ4v) is 4.65. The van der Waals surface area contributed by atoms with Crippen LogP contribution in [0.5, 0.6) is 0 Å². The van der Waals surface area contributed by atoms with Crippen molar-refractivity contribution in [3.63, 3.8) is 0 Å². The SMILES string of the molecule is CNc1cc(F)cc2cc(C(=O)Nc3ccc(C(=O)O)cc3CN(C)C3CCN(C)CC3)c(=O)[nH]c12.Cl. The second-order valence-corrected chi connectivity index (χ2v) is 9.26. The molecule has 1 aromatic heterocycles. The number of hydrogen-bond donors (Lipinski definition) is 4. The quantitative estimate of drug-likeness (QED) is 0.368. The van der Waals surface area contributed by atoms with Gasteiger partial charge in [0.05, 0.1) is 16.8 Å². The molecule has 1 fully saturated rings. The molecule has 4 N–H and O–H groups in total. The zero-order valence-corrected chi connectivity index (χ0v) is 21.7. The number of carbonyl (C=O) groups is 2. The monoisotopic (exact) mass is 531 g/mol. The number of carboxylic acids is 1. The Hall–Kier alpha value is -3.47. The Balaban J connectivity index is 0.00000380. The predicted octanol–water partition coefficient (Wildman–Crippen LogP) is 3.61. The van der Waals surface area contributed by atoms with Gasteiger partial charge in [-0.3, -0.25) is 14.5 Å². The molecule has 0 radical (unpaired) electrons. The van der Waals surface area contributed by atoms with E-state index in [9.17, 15) is 23.9 Å². The number of H-pyrrole nitrogens is 1. The molecule has 0 unspecified atom stereocenters. The summed E-state index contributed by atoms with van der Waals surface area (Å²) in [5, 5.41) is 15.4. The maximum Gasteiger partial charge on any atom is 0.335 e. The van der Waals surface area contributed by atoms with Crippen molar-refractivity contribution >= 4 is 46.6 Å². The lowest BCUT2D eigenvalue weighted by atomic mass is 10.0. The van der Waals surface area contributed by atoms with Crippen LogP contribution in [0.4, 0.5) is 15.8 Å². The molecule has 0 saturated carbocycles. The van der Waals surface area contributed by atoms with Crippen molar-refractivity contribution in [3.05, 3.63) is 69.3 Å². The lowest BCUT2D eigenvalue weighted by molar-refractivity contribution is 0.0696. The second-order valence-electron chi connectivity index (χ2n) is 9.26. The minimum absolute atomic E-state index is 0. The fraction of sp³-hybridized carbons (Fsp3) is 0.346. The van der Waals surface area contributed by atoms with Crippen LogP contribution < -0.4 is 16.2 Å². The van der Waals surface area contributed by atoms with E-state index in [1.807, 2.05) is 7.05 Å². The molecule has 198 valence electrons. The van der Waals surface area contributed by atoms with Gasteiger partial charge in [0, 0.05) is 30.7 Å². The number of fused-ring (bicyclic) bond motifs is 1. The number of aromatic amines is 1. The number of pyridine rings is 1. The first-order valence-corrected chi connectivity index (χ1v) is 11.8. The summed E-state index contributed by atoms with van der Waals surface area (Å²) in [5.74, 6) is -2.24. The van der Waals surface area contributed by atoms with Crippen molar-refractivity contribution < 1.29 is 19.1 Å². The van der Waals surface area contributed by atoms with Crippen LogP contribution in [-0.4, -0.2) is 72.0 Å². The maximum atomic E-state index is 14.0.